The lowest BCUT2D eigenvalue weighted by atomic mass is 10.2. The van der Waals surface area contributed by atoms with Crippen molar-refractivity contribution in [2.45, 2.75) is 39.4 Å². The second kappa shape index (κ2) is 6.83. The van der Waals surface area contributed by atoms with Crippen LogP contribution in [0.4, 0.5) is 0 Å². The summed E-state index contributed by atoms with van der Waals surface area (Å²) in [5, 5.41) is 3.92. The van der Waals surface area contributed by atoms with E-state index in [-0.39, 0.29) is 17.2 Å². The molecule has 0 aliphatic heterocycles. The number of carbonyl (C=O) groups excluding carboxylic acids is 1. The SMILES string of the molecule is CNC(=O)CSc1nc2sc(C)c(C)c2c(=O)n1CC(C)C. The number of thioether (sulfide) groups is 1. The quantitative estimate of drug-likeness (QED) is 0.672. The Hall–Kier alpha value is -1.34. The van der Waals surface area contributed by atoms with E-state index >= 15 is 0 Å². The van der Waals surface area contributed by atoms with E-state index in [1.807, 2.05) is 13.8 Å². The van der Waals surface area contributed by atoms with Gasteiger partial charge in [0.05, 0.1) is 11.1 Å². The van der Waals surface area contributed by atoms with Gasteiger partial charge in [-0.05, 0) is 25.3 Å². The van der Waals surface area contributed by atoms with Crippen molar-refractivity contribution >= 4 is 39.2 Å². The average Bonchev–Trinajstić information content (AvgIpc) is 2.74. The molecule has 2 heterocycles. The molecule has 7 heteroatoms. The van der Waals surface area contributed by atoms with E-state index in [4.69, 9.17) is 0 Å². The molecule has 0 aromatic carbocycles. The van der Waals surface area contributed by atoms with Gasteiger partial charge in [-0.25, -0.2) is 4.98 Å². The predicted octanol–water partition coefficient (Wildman–Crippen LogP) is 2.57. The van der Waals surface area contributed by atoms with Gasteiger partial charge in [0.1, 0.15) is 4.83 Å². The third-order valence-corrected chi connectivity index (χ3v) is 5.49. The molecule has 2 rings (SSSR count). The van der Waals surface area contributed by atoms with Gasteiger partial charge in [0.2, 0.25) is 5.91 Å². The maximum Gasteiger partial charge on any atom is 0.263 e. The summed E-state index contributed by atoms with van der Waals surface area (Å²) in [5.41, 5.74) is 1.01. The highest BCUT2D eigenvalue weighted by molar-refractivity contribution is 7.99. The number of nitrogens with one attached hydrogen (secondary N) is 1. The Morgan fingerprint density at radius 1 is 1.41 bits per heavy atom. The first-order valence-electron chi connectivity index (χ1n) is 7.19. The largest absolute Gasteiger partial charge is 0.358 e. The van der Waals surface area contributed by atoms with Gasteiger partial charge in [0.15, 0.2) is 5.16 Å². The summed E-state index contributed by atoms with van der Waals surface area (Å²) >= 11 is 2.85. The van der Waals surface area contributed by atoms with Crippen molar-refractivity contribution in [2.75, 3.05) is 12.8 Å². The minimum atomic E-state index is -0.0750. The van der Waals surface area contributed by atoms with E-state index in [1.165, 1.54) is 23.1 Å². The fourth-order valence-corrected chi connectivity index (χ4v) is 4.10. The van der Waals surface area contributed by atoms with Crippen molar-refractivity contribution in [3.05, 3.63) is 20.8 Å². The fourth-order valence-electron chi connectivity index (χ4n) is 2.15. The van der Waals surface area contributed by atoms with Gasteiger partial charge in [-0.2, -0.15) is 0 Å². The molecule has 1 N–H and O–H groups in total. The van der Waals surface area contributed by atoms with Crippen LogP contribution in [0, 0.1) is 19.8 Å². The number of hydrogen-bond donors (Lipinski definition) is 1. The van der Waals surface area contributed by atoms with Gasteiger partial charge < -0.3 is 5.32 Å². The number of fused-ring (bicyclic) bond motifs is 1. The summed E-state index contributed by atoms with van der Waals surface area (Å²) < 4.78 is 1.71. The summed E-state index contributed by atoms with van der Waals surface area (Å²) in [6.07, 6.45) is 0. The molecule has 0 saturated carbocycles. The first-order chi connectivity index (χ1) is 10.3. The second-order valence-corrected chi connectivity index (χ2v) is 7.77. The van der Waals surface area contributed by atoms with E-state index in [0.717, 1.165) is 15.3 Å². The normalized spacial score (nSPS) is 11.4. The molecule has 0 spiro atoms. The molecule has 0 saturated heterocycles. The van der Waals surface area contributed by atoms with Gasteiger partial charge in [0, 0.05) is 18.5 Å². The number of thiophene rings is 1. The number of amides is 1. The number of aryl methyl sites for hydroxylation is 2. The van der Waals surface area contributed by atoms with Crippen LogP contribution in [0.5, 0.6) is 0 Å². The van der Waals surface area contributed by atoms with Crippen molar-refractivity contribution in [1.82, 2.24) is 14.9 Å². The molecular weight excluding hydrogens is 318 g/mol. The number of carbonyl (C=O) groups is 1. The lowest BCUT2D eigenvalue weighted by Gasteiger charge is -2.13. The molecule has 120 valence electrons. The summed E-state index contributed by atoms with van der Waals surface area (Å²) in [6.45, 7) is 8.71. The van der Waals surface area contributed by atoms with Crippen LogP contribution >= 0.6 is 23.1 Å². The lowest BCUT2D eigenvalue weighted by molar-refractivity contribution is -0.118. The van der Waals surface area contributed by atoms with Crippen molar-refractivity contribution in [3.63, 3.8) is 0 Å². The van der Waals surface area contributed by atoms with Crippen LogP contribution in [0.25, 0.3) is 10.2 Å². The van der Waals surface area contributed by atoms with E-state index in [1.54, 1.807) is 11.6 Å². The Balaban J connectivity index is 2.57. The summed E-state index contributed by atoms with van der Waals surface area (Å²) in [6, 6.07) is 0. The summed E-state index contributed by atoms with van der Waals surface area (Å²) in [5.74, 6) is 0.515. The van der Waals surface area contributed by atoms with E-state index in [0.29, 0.717) is 23.0 Å². The number of aromatic nitrogens is 2. The molecule has 5 nitrogen and oxygen atoms in total. The van der Waals surface area contributed by atoms with E-state index in [9.17, 15) is 9.59 Å². The highest BCUT2D eigenvalue weighted by Crippen LogP contribution is 2.28. The number of rotatable bonds is 5. The number of nitrogens with zero attached hydrogens (tertiary/aromatic N) is 2. The highest BCUT2D eigenvalue weighted by atomic mass is 32.2. The summed E-state index contributed by atoms with van der Waals surface area (Å²) in [7, 11) is 1.60. The molecular formula is C15H21N3O2S2. The van der Waals surface area contributed by atoms with Gasteiger partial charge >= 0.3 is 0 Å². The zero-order valence-corrected chi connectivity index (χ0v) is 15.2. The third-order valence-electron chi connectivity index (χ3n) is 3.41. The van der Waals surface area contributed by atoms with Crippen LogP contribution in [-0.2, 0) is 11.3 Å². The Morgan fingerprint density at radius 2 is 2.09 bits per heavy atom. The molecule has 0 bridgehead atoms. The standard InChI is InChI=1S/C15H21N3O2S2/c1-8(2)6-18-14(20)12-9(3)10(4)22-13(12)17-15(18)21-7-11(19)16-5/h8H,6-7H2,1-5H3,(H,16,19). The van der Waals surface area contributed by atoms with Crippen LogP contribution in [0.1, 0.15) is 24.3 Å². The average molecular weight is 339 g/mol. The van der Waals surface area contributed by atoms with Gasteiger partial charge in [-0.3, -0.25) is 14.2 Å². The summed E-state index contributed by atoms with van der Waals surface area (Å²) in [4.78, 5) is 30.8. The molecule has 0 fully saturated rings. The molecule has 0 aliphatic rings. The Morgan fingerprint density at radius 3 is 2.68 bits per heavy atom. The molecule has 2 aromatic rings. The van der Waals surface area contributed by atoms with Crippen LogP contribution in [-0.4, -0.2) is 28.3 Å². The van der Waals surface area contributed by atoms with E-state index < -0.39 is 0 Å². The van der Waals surface area contributed by atoms with Crippen LogP contribution < -0.4 is 10.9 Å². The van der Waals surface area contributed by atoms with Crippen LogP contribution in [0.3, 0.4) is 0 Å². The monoisotopic (exact) mass is 339 g/mol. The van der Waals surface area contributed by atoms with Gasteiger partial charge in [-0.15, -0.1) is 11.3 Å². The zero-order valence-electron chi connectivity index (χ0n) is 13.5. The van der Waals surface area contributed by atoms with E-state index in [2.05, 4.69) is 24.1 Å². The van der Waals surface area contributed by atoms with Crippen LogP contribution in [0.15, 0.2) is 9.95 Å². The van der Waals surface area contributed by atoms with Crippen molar-refractivity contribution in [2.24, 2.45) is 5.92 Å². The smallest absolute Gasteiger partial charge is 0.263 e. The maximum absolute atomic E-state index is 12.8. The Bertz CT molecular complexity index is 762. The predicted molar refractivity (Wildman–Crippen MR) is 93.0 cm³/mol. The molecule has 22 heavy (non-hydrogen) atoms. The topological polar surface area (TPSA) is 64.0 Å². The molecule has 1 amide bonds. The highest BCUT2D eigenvalue weighted by Gasteiger charge is 2.18. The Labute approximate surface area is 138 Å². The molecule has 0 radical (unpaired) electrons. The molecule has 0 unspecified atom stereocenters. The fraction of sp³-hybridized carbons (Fsp3) is 0.533. The Kier molecular flexibility index (Phi) is 5.28. The minimum absolute atomic E-state index is 0.0000402. The zero-order chi connectivity index (χ0) is 16.4. The molecule has 0 atom stereocenters. The van der Waals surface area contributed by atoms with Crippen molar-refractivity contribution in [3.8, 4) is 0 Å². The van der Waals surface area contributed by atoms with Crippen molar-refractivity contribution in [1.29, 1.82) is 0 Å². The van der Waals surface area contributed by atoms with Gasteiger partial charge in [0.25, 0.3) is 5.56 Å². The molecule has 2 aromatic heterocycles. The first kappa shape index (κ1) is 17.0. The third kappa shape index (κ3) is 3.35. The minimum Gasteiger partial charge on any atom is -0.358 e. The molecule has 0 aliphatic carbocycles. The van der Waals surface area contributed by atoms with Crippen LogP contribution in [0.2, 0.25) is 0 Å². The van der Waals surface area contributed by atoms with Gasteiger partial charge in [-0.1, -0.05) is 25.6 Å². The second-order valence-electron chi connectivity index (χ2n) is 5.63. The lowest BCUT2D eigenvalue weighted by Crippen LogP contribution is -2.26. The van der Waals surface area contributed by atoms with Crippen molar-refractivity contribution < 1.29 is 4.79 Å². The first-order valence-corrected chi connectivity index (χ1v) is 8.99. The number of hydrogen-bond acceptors (Lipinski definition) is 5. The maximum atomic E-state index is 12.8.